The zero-order chi connectivity index (χ0) is 11.5. The van der Waals surface area contributed by atoms with Gasteiger partial charge in [-0.25, -0.2) is 0 Å². The van der Waals surface area contributed by atoms with E-state index in [-0.39, 0.29) is 13.2 Å². The molecule has 1 fully saturated rings. The van der Waals surface area contributed by atoms with E-state index in [4.69, 9.17) is 19.3 Å². The predicted octanol–water partition coefficient (Wildman–Crippen LogP) is -0.639. The van der Waals surface area contributed by atoms with Crippen LogP contribution >= 0.6 is 0 Å². The molecule has 0 unspecified atom stereocenters. The van der Waals surface area contributed by atoms with Gasteiger partial charge in [0, 0.05) is 44.4 Å². The van der Waals surface area contributed by atoms with E-state index in [1.807, 2.05) is 0 Å². The summed E-state index contributed by atoms with van der Waals surface area (Å²) in [6.07, 6.45) is 0. The van der Waals surface area contributed by atoms with Gasteiger partial charge in [-0.3, -0.25) is 9.80 Å². The molecule has 0 aromatic rings. The summed E-state index contributed by atoms with van der Waals surface area (Å²) in [5.41, 5.74) is 0. The highest BCUT2D eigenvalue weighted by Gasteiger charge is 2.14. The summed E-state index contributed by atoms with van der Waals surface area (Å²) >= 11 is 0. The maximum absolute atomic E-state index is 9.12. The molecule has 92 valence electrons. The van der Waals surface area contributed by atoms with E-state index in [9.17, 15) is 0 Å². The molecule has 0 atom stereocenters. The molecular formula is C8H18F2N2O3. The van der Waals surface area contributed by atoms with Gasteiger partial charge >= 0.3 is 0 Å². The Hall–Kier alpha value is -0.340. The number of nitrogens with zero attached hydrogens (tertiary/aromatic N) is 2. The topological polar surface area (TPSA) is 56.2 Å². The van der Waals surface area contributed by atoms with E-state index in [0.717, 1.165) is 39.3 Å². The molecule has 2 N–H and O–H groups in total. The molecule has 0 amide bonds. The molecule has 7 heteroatoms. The lowest BCUT2D eigenvalue weighted by molar-refractivity contribution is -0.317. The minimum absolute atomic E-state index is 0.250. The lowest BCUT2D eigenvalue weighted by Gasteiger charge is -2.33. The van der Waals surface area contributed by atoms with Crippen LogP contribution in [0.15, 0.2) is 0 Å². The number of rotatable bonds is 4. The molecule has 0 bridgehead atoms. The Morgan fingerprint density at radius 2 is 1.13 bits per heavy atom. The van der Waals surface area contributed by atoms with E-state index in [0.29, 0.717) is 0 Å². The van der Waals surface area contributed by atoms with E-state index >= 15 is 0 Å². The maximum atomic E-state index is 9.12. The van der Waals surface area contributed by atoms with Gasteiger partial charge in [0.25, 0.3) is 0 Å². The molecule has 1 saturated heterocycles. The van der Waals surface area contributed by atoms with Crippen LogP contribution < -0.4 is 0 Å². The summed E-state index contributed by atoms with van der Waals surface area (Å²) in [5.74, 6) is 0. The Kier molecular flexibility index (Phi) is 9.96. The molecule has 0 spiro atoms. The van der Waals surface area contributed by atoms with E-state index < -0.39 is 0 Å². The average Bonchev–Trinajstić information content (AvgIpc) is 2.23. The first kappa shape index (κ1) is 14.7. The van der Waals surface area contributed by atoms with Crippen molar-refractivity contribution < 1.29 is 24.4 Å². The third-order valence-corrected chi connectivity index (χ3v) is 2.30. The highest BCUT2D eigenvalue weighted by Crippen LogP contribution is 1.99. The van der Waals surface area contributed by atoms with Crippen molar-refractivity contribution in [3.05, 3.63) is 0 Å². The van der Waals surface area contributed by atoms with Gasteiger partial charge in [0.05, 0.1) is 13.2 Å². The fourth-order valence-electron chi connectivity index (χ4n) is 1.52. The van der Waals surface area contributed by atoms with Gasteiger partial charge in [-0.05, 0) is 9.05 Å². The smallest absolute Gasteiger partial charge is 0.0558 e. The van der Waals surface area contributed by atoms with Crippen LogP contribution in [0.3, 0.4) is 0 Å². The predicted molar refractivity (Wildman–Crippen MR) is 50.4 cm³/mol. The summed E-state index contributed by atoms with van der Waals surface area (Å²) in [5, 5.41) is 18.6. The van der Waals surface area contributed by atoms with Crippen molar-refractivity contribution in [2.24, 2.45) is 0 Å². The summed E-state index contributed by atoms with van der Waals surface area (Å²) < 4.78 is 18.2. The zero-order valence-corrected chi connectivity index (χ0v) is 8.61. The van der Waals surface area contributed by atoms with Crippen LogP contribution in [0.2, 0.25) is 0 Å². The monoisotopic (exact) mass is 228 g/mol. The number of aliphatic hydroxyl groups excluding tert-OH is 2. The second kappa shape index (κ2) is 10.2. The van der Waals surface area contributed by atoms with Crippen molar-refractivity contribution in [3.8, 4) is 0 Å². The number of aliphatic hydroxyl groups is 2. The Balaban J connectivity index is 0.000000583. The molecule has 1 rings (SSSR count). The van der Waals surface area contributed by atoms with Crippen molar-refractivity contribution in [1.29, 1.82) is 0 Å². The van der Waals surface area contributed by atoms with Crippen molar-refractivity contribution in [3.63, 3.8) is 0 Å². The third-order valence-electron chi connectivity index (χ3n) is 2.30. The van der Waals surface area contributed by atoms with Crippen LogP contribution in [0.5, 0.6) is 0 Å². The number of piperazine rings is 1. The largest absolute Gasteiger partial charge is 0.395 e. The molecule has 0 aromatic heterocycles. The highest BCUT2D eigenvalue weighted by atomic mass is 19.6. The first-order valence-corrected chi connectivity index (χ1v) is 4.84. The minimum Gasteiger partial charge on any atom is -0.395 e. The first-order chi connectivity index (χ1) is 7.28. The SMILES string of the molecule is FOF.OCCN1CCN(CCO)CC1. The Morgan fingerprint density at radius 3 is 1.33 bits per heavy atom. The molecular weight excluding hydrogens is 210 g/mol. The quantitative estimate of drug-likeness (QED) is 0.670. The van der Waals surface area contributed by atoms with Gasteiger partial charge in [-0.15, -0.1) is 0 Å². The van der Waals surface area contributed by atoms with E-state index in [1.165, 1.54) is 5.15 Å². The maximum Gasteiger partial charge on any atom is 0.0558 e. The van der Waals surface area contributed by atoms with Crippen LogP contribution in [0.4, 0.5) is 9.05 Å². The summed E-state index contributed by atoms with van der Waals surface area (Å²) in [6.45, 7) is 6.13. The normalized spacial score (nSPS) is 18.4. The minimum atomic E-state index is 0.250. The second-order valence-corrected chi connectivity index (χ2v) is 3.19. The van der Waals surface area contributed by atoms with E-state index in [1.54, 1.807) is 0 Å². The zero-order valence-electron chi connectivity index (χ0n) is 8.61. The van der Waals surface area contributed by atoms with Crippen molar-refractivity contribution in [2.75, 3.05) is 52.5 Å². The summed E-state index contributed by atoms with van der Waals surface area (Å²) in [4.78, 5) is 4.49. The van der Waals surface area contributed by atoms with Crippen molar-refractivity contribution in [2.45, 2.75) is 0 Å². The van der Waals surface area contributed by atoms with Gasteiger partial charge in [0.1, 0.15) is 0 Å². The number of β-amino-alcohol motifs (C(OH)–C–C–N with tert-alkyl or cyclic N) is 2. The molecule has 0 radical (unpaired) electrons. The Bertz CT molecular complexity index is 121. The van der Waals surface area contributed by atoms with Crippen molar-refractivity contribution in [1.82, 2.24) is 9.80 Å². The fraction of sp³-hybridized carbons (Fsp3) is 1.00. The summed E-state index contributed by atoms with van der Waals surface area (Å²) in [6, 6.07) is 0. The fourth-order valence-corrected chi connectivity index (χ4v) is 1.52. The molecule has 0 aliphatic carbocycles. The first-order valence-electron chi connectivity index (χ1n) is 4.84. The molecule has 0 saturated carbocycles. The lowest BCUT2D eigenvalue weighted by Crippen LogP contribution is -2.47. The molecule has 5 nitrogen and oxygen atoms in total. The molecule has 15 heavy (non-hydrogen) atoms. The lowest BCUT2D eigenvalue weighted by atomic mass is 10.3. The van der Waals surface area contributed by atoms with Crippen LogP contribution in [-0.2, 0) is 5.15 Å². The van der Waals surface area contributed by atoms with Gasteiger partial charge in [-0.2, -0.15) is 0 Å². The molecule has 1 aliphatic rings. The second-order valence-electron chi connectivity index (χ2n) is 3.19. The van der Waals surface area contributed by atoms with Crippen LogP contribution in [0.25, 0.3) is 0 Å². The van der Waals surface area contributed by atoms with Crippen LogP contribution in [-0.4, -0.2) is 72.5 Å². The Labute approximate surface area is 87.6 Å². The number of hydrogen-bond acceptors (Lipinski definition) is 5. The van der Waals surface area contributed by atoms with Gasteiger partial charge < -0.3 is 10.2 Å². The average molecular weight is 228 g/mol. The van der Waals surface area contributed by atoms with Gasteiger partial charge in [-0.1, -0.05) is 0 Å². The van der Waals surface area contributed by atoms with Crippen LogP contribution in [0, 0.1) is 0 Å². The van der Waals surface area contributed by atoms with Crippen molar-refractivity contribution >= 4 is 0 Å². The third kappa shape index (κ3) is 7.57. The van der Waals surface area contributed by atoms with E-state index in [2.05, 4.69) is 9.80 Å². The van der Waals surface area contributed by atoms with Gasteiger partial charge in [0.2, 0.25) is 0 Å². The Morgan fingerprint density at radius 1 is 0.867 bits per heavy atom. The van der Waals surface area contributed by atoms with Gasteiger partial charge in [0.15, 0.2) is 0 Å². The standard InChI is InChI=1S/C8H18N2O2.F2O/c11-7-5-9-1-2-10(4-3-9)6-8-12;1-3-2/h11-12H,1-8H2;. The highest BCUT2D eigenvalue weighted by molar-refractivity contribution is 4.70. The number of hydrogen-bond donors (Lipinski definition) is 2. The summed E-state index contributed by atoms with van der Waals surface area (Å²) in [7, 11) is 0. The van der Waals surface area contributed by atoms with Crippen LogP contribution in [0.1, 0.15) is 0 Å². The molecule has 1 aliphatic heterocycles. The molecule has 0 aromatic carbocycles. The number of halogens is 2. The molecule has 1 heterocycles.